The molecule has 0 aromatic carbocycles. The van der Waals surface area contributed by atoms with Crippen molar-refractivity contribution in [3.63, 3.8) is 0 Å². The lowest BCUT2D eigenvalue weighted by Crippen LogP contribution is -1.97. The van der Waals surface area contributed by atoms with E-state index in [-0.39, 0.29) is 0 Å². The van der Waals surface area contributed by atoms with E-state index >= 15 is 0 Å². The minimum atomic E-state index is -0.926. The quantitative estimate of drug-likeness (QED) is 0.200. The van der Waals surface area contributed by atoms with Crippen LogP contribution in [0.1, 0.15) is 70.6 Å². The van der Waals surface area contributed by atoms with E-state index in [1.807, 2.05) is 31.2 Å². The molecule has 0 amide bonds. The van der Waals surface area contributed by atoms with Crippen LogP contribution in [0, 0.1) is 0 Å². The summed E-state index contributed by atoms with van der Waals surface area (Å²) in [6, 6.07) is 2.03. The molecule has 0 saturated carbocycles. The molecule has 0 bridgehead atoms. The van der Waals surface area contributed by atoms with Crippen molar-refractivity contribution >= 4 is 23.4 Å². The van der Waals surface area contributed by atoms with Crippen LogP contribution in [0.3, 0.4) is 0 Å². The molecule has 0 aliphatic carbocycles. The van der Waals surface area contributed by atoms with Crippen molar-refractivity contribution < 1.29 is 14.6 Å². The molecular formula is C24H34O3S. The lowest BCUT2D eigenvalue weighted by atomic mass is 10.1. The summed E-state index contributed by atoms with van der Waals surface area (Å²) in [5.74, 6) is 0.0280. The average molecular weight is 403 g/mol. The van der Waals surface area contributed by atoms with Crippen molar-refractivity contribution in [2.24, 2.45) is 0 Å². The lowest BCUT2D eigenvalue weighted by molar-refractivity contribution is -0.131. The minimum absolute atomic E-state index is 0.708. The van der Waals surface area contributed by atoms with Gasteiger partial charge in [0.15, 0.2) is 0 Å². The summed E-state index contributed by atoms with van der Waals surface area (Å²) in [6.07, 6.45) is 19.9. The van der Waals surface area contributed by atoms with E-state index in [1.165, 1.54) is 44.6 Å². The van der Waals surface area contributed by atoms with Crippen LogP contribution < -0.4 is 4.74 Å². The molecule has 0 saturated heterocycles. The highest BCUT2D eigenvalue weighted by molar-refractivity contribution is 7.11. The molecule has 1 aromatic rings. The third-order valence-electron chi connectivity index (χ3n) is 4.23. The van der Waals surface area contributed by atoms with Crippen LogP contribution in [0.5, 0.6) is 5.75 Å². The van der Waals surface area contributed by atoms with E-state index in [0.717, 1.165) is 29.2 Å². The summed E-state index contributed by atoms with van der Waals surface area (Å²) in [6.45, 7) is 6.81. The van der Waals surface area contributed by atoms with Gasteiger partial charge in [-0.2, -0.15) is 0 Å². The van der Waals surface area contributed by atoms with E-state index in [1.54, 1.807) is 24.3 Å². The first-order chi connectivity index (χ1) is 13.5. The zero-order valence-corrected chi connectivity index (χ0v) is 18.3. The summed E-state index contributed by atoms with van der Waals surface area (Å²) < 4.78 is 5.95. The molecule has 4 heteroatoms. The highest BCUT2D eigenvalue weighted by Crippen LogP contribution is 2.27. The SMILES string of the molecule is CCCCCCCCCOc1ccsc1/C=C/C(C)=C/C=C/C(C)=C/C(=O)O. The number of hydrogen-bond donors (Lipinski definition) is 1. The average Bonchev–Trinajstić information content (AvgIpc) is 3.09. The van der Waals surface area contributed by atoms with Gasteiger partial charge in [0, 0.05) is 6.08 Å². The number of carboxylic acid groups (broad SMARTS) is 1. The predicted molar refractivity (Wildman–Crippen MR) is 121 cm³/mol. The van der Waals surface area contributed by atoms with Crippen LogP contribution in [-0.2, 0) is 4.79 Å². The standard InChI is InChI=1S/C24H34O3S/c1-4-5-6-7-8-9-10-17-27-22-16-18-28-23(22)15-14-20(2)12-11-13-21(3)19-24(25)26/h11-16,18-19H,4-10,17H2,1-3H3,(H,25,26)/b13-11+,15-14+,20-12+,21-19+. The Bertz CT molecular complexity index is 692. The number of carboxylic acids is 1. The Hall–Kier alpha value is -2.07. The van der Waals surface area contributed by atoms with Gasteiger partial charge in [0.25, 0.3) is 0 Å². The van der Waals surface area contributed by atoms with Gasteiger partial charge in [0.2, 0.25) is 0 Å². The van der Waals surface area contributed by atoms with Crippen LogP contribution in [0.15, 0.2) is 53.0 Å². The second kappa shape index (κ2) is 14.9. The number of thiophene rings is 1. The zero-order valence-electron chi connectivity index (χ0n) is 17.4. The van der Waals surface area contributed by atoms with Crippen molar-refractivity contribution in [2.75, 3.05) is 6.61 Å². The minimum Gasteiger partial charge on any atom is -0.492 e. The van der Waals surface area contributed by atoms with Crippen LogP contribution in [0.2, 0.25) is 0 Å². The van der Waals surface area contributed by atoms with Gasteiger partial charge in [-0.1, -0.05) is 75.3 Å². The number of hydrogen-bond acceptors (Lipinski definition) is 3. The maximum Gasteiger partial charge on any atom is 0.328 e. The van der Waals surface area contributed by atoms with Gasteiger partial charge in [0.1, 0.15) is 5.75 Å². The number of carbonyl (C=O) groups is 1. The van der Waals surface area contributed by atoms with Crippen molar-refractivity contribution in [1.82, 2.24) is 0 Å². The van der Waals surface area contributed by atoms with Gasteiger partial charge < -0.3 is 9.84 Å². The van der Waals surface area contributed by atoms with E-state index in [4.69, 9.17) is 9.84 Å². The van der Waals surface area contributed by atoms with Gasteiger partial charge >= 0.3 is 5.97 Å². The Balaban J connectivity index is 2.41. The largest absolute Gasteiger partial charge is 0.492 e. The highest BCUT2D eigenvalue weighted by Gasteiger charge is 2.02. The molecule has 1 rings (SSSR count). The molecule has 0 spiro atoms. The van der Waals surface area contributed by atoms with Gasteiger partial charge in [-0.3, -0.25) is 0 Å². The Labute approximate surface area is 174 Å². The summed E-state index contributed by atoms with van der Waals surface area (Å²) in [4.78, 5) is 11.7. The Morgan fingerprint density at radius 3 is 2.50 bits per heavy atom. The van der Waals surface area contributed by atoms with E-state index < -0.39 is 5.97 Å². The van der Waals surface area contributed by atoms with Gasteiger partial charge in [0.05, 0.1) is 11.5 Å². The first-order valence-electron chi connectivity index (χ1n) is 10.2. The van der Waals surface area contributed by atoms with Crippen LogP contribution in [-0.4, -0.2) is 17.7 Å². The van der Waals surface area contributed by atoms with Crippen LogP contribution in [0.4, 0.5) is 0 Å². The molecule has 1 heterocycles. The molecule has 28 heavy (non-hydrogen) atoms. The maximum atomic E-state index is 10.6. The van der Waals surface area contributed by atoms with Gasteiger partial charge in [-0.15, -0.1) is 11.3 Å². The fraction of sp³-hybridized carbons (Fsp3) is 0.458. The molecule has 3 nitrogen and oxygen atoms in total. The number of ether oxygens (including phenoxy) is 1. The zero-order chi connectivity index (χ0) is 20.6. The molecule has 0 atom stereocenters. The second-order valence-corrected chi connectivity index (χ2v) is 7.90. The molecular weight excluding hydrogens is 368 g/mol. The molecule has 0 aliphatic heterocycles. The topological polar surface area (TPSA) is 46.5 Å². The smallest absolute Gasteiger partial charge is 0.328 e. The lowest BCUT2D eigenvalue weighted by Gasteiger charge is -2.05. The molecule has 1 N–H and O–H groups in total. The molecule has 0 aliphatic rings. The third kappa shape index (κ3) is 11.6. The number of aliphatic carboxylic acids is 1. The predicted octanol–water partition coefficient (Wildman–Crippen LogP) is 7.42. The molecule has 154 valence electrons. The Kier molecular flexibility index (Phi) is 12.8. The number of allylic oxidation sites excluding steroid dienone is 6. The van der Waals surface area contributed by atoms with Crippen LogP contribution >= 0.6 is 11.3 Å². The summed E-state index contributed by atoms with van der Waals surface area (Å²) in [7, 11) is 0. The maximum absolute atomic E-state index is 10.6. The van der Waals surface area contributed by atoms with Crippen molar-refractivity contribution in [3.05, 3.63) is 57.8 Å². The summed E-state index contributed by atoms with van der Waals surface area (Å²) in [5.41, 5.74) is 1.80. The molecule has 1 aromatic heterocycles. The molecule has 0 radical (unpaired) electrons. The van der Waals surface area contributed by atoms with Crippen molar-refractivity contribution in [2.45, 2.75) is 65.7 Å². The highest BCUT2D eigenvalue weighted by atomic mass is 32.1. The summed E-state index contributed by atoms with van der Waals surface area (Å²) in [5, 5.41) is 10.8. The van der Waals surface area contributed by atoms with E-state index in [0.29, 0.717) is 5.57 Å². The second-order valence-electron chi connectivity index (χ2n) is 6.95. The summed E-state index contributed by atoms with van der Waals surface area (Å²) >= 11 is 1.67. The van der Waals surface area contributed by atoms with Gasteiger partial charge in [-0.25, -0.2) is 4.79 Å². The van der Waals surface area contributed by atoms with E-state index in [9.17, 15) is 4.79 Å². The molecule has 0 fully saturated rings. The Morgan fingerprint density at radius 1 is 1.07 bits per heavy atom. The normalized spacial score (nSPS) is 13.0. The third-order valence-corrected chi connectivity index (χ3v) is 5.09. The monoisotopic (exact) mass is 402 g/mol. The van der Waals surface area contributed by atoms with Crippen molar-refractivity contribution in [3.8, 4) is 5.75 Å². The van der Waals surface area contributed by atoms with Crippen LogP contribution in [0.25, 0.3) is 6.08 Å². The Morgan fingerprint density at radius 2 is 1.79 bits per heavy atom. The first kappa shape index (κ1) is 24.0. The molecule has 0 unspecified atom stereocenters. The fourth-order valence-electron chi connectivity index (χ4n) is 2.65. The van der Waals surface area contributed by atoms with Crippen molar-refractivity contribution in [1.29, 1.82) is 0 Å². The number of rotatable bonds is 14. The van der Waals surface area contributed by atoms with E-state index in [2.05, 4.69) is 18.4 Å². The first-order valence-corrected chi connectivity index (χ1v) is 11.1. The number of unbranched alkanes of at least 4 members (excludes halogenated alkanes) is 6. The van der Waals surface area contributed by atoms with Gasteiger partial charge in [-0.05, 0) is 43.4 Å². The fourth-order valence-corrected chi connectivity index (χ4v) is 3.38.